The Labute approximate surface area is 122 Å². The van der Waals surface area contributed by atoms with Crippen molar-refractivity contribution in [3.8, 4) is 0 Å². The summed E-state index contributed by atoms with van der Waals surface area (Å²) in [6.45, 7) is 2.15. The summed E-state index contributed by atoms with van der Waals surface area (Å²) in [7, 11) is 2.01. The average molecular weight is 352 g/mol. The van der Waals surface area contributed by atoms with Crippen LogP contribution in [0.3, 0.4) is 0 Å². The number of benzene rings is 1. The van der Waals surface area contributed by atoms with Crippen LogP contribution in [0.5, 0.6) is 0 Å². The average Bonchev–Trinajstić information content (AvgIpc) is 2.41. The predicted octanol–water partition coefficient (Wildman–Crippen LogP) is 3.50. The molecule has 1 unspecified atom stereocenters. The fourth-order valence-electron chi connectivity index (χ4n) is 2.06. The van der Waals surface area contributed by atoms with Gasteiger partial charge in [-0.3, -0.25) is 4.98 Å². The second-order valence-corrected chi connectivity index (χ2v) is 5.46. The van der Waals surface area contributed by atoms with Crippen LogP contribution in [-0.2, 0) is 6.42 Å². The van der Waals surface area contributed by atoms with Gasteiger partial charge in [-0.2, -0.15) is 0 Å². The third-order valence-corrected chi connectivity index (χ3v) is 4.58. The van der Waals surface area contributed by atoms with Crippen LogP contribution in [0.1, 0.15) is 22.7 Å². The van der Waals surface area contributed by atoms with Gasteiger partial charge >= 0.3 is 0 Å². The molecule has 3 heteroatoms. The van der Waals surface area contributed by atoms with Crippen LogP contribution in [0.15, 0.2) is 42.7 Å². The third-order valence-electron chi connectivity index (χ3n) is 3.11. The van der Waals surface area contributed by atoms with Crippen LogP contribution in [0.4, 0.5) is 0 Å². The fourth-order valence-corrected chi connectivity index (χ4v) is 2.80. The van der Waals surface area contributed by atoms with E-state index >= 15 is 0 Å². The number of aromatic nitrogens is 1. The molecule has 1 aromatic carbocycles. The van der Waals surface area contributed by atoms with Gasteiger partial charge in [0.2, 0.25) is 0 Å². The molecule has 0 spiro atoms. The normalized spacial score (nSPS) is 12.4. The molecule has 0 fully saturated rings. The first-order chi connectivity index (χ1) is 8.72. The summed E-state index contributed by atoms with van der Waals surface area (Å²) in [5.74, 6) is 0. The van der Waals surface area contributed by atoms with E-state index < -0.39 is 0 Å². The van der Waals surface area contributed by atoms with E-state index in [-0.39, 0.29) is 0 Å². The van der Waals surface area contributed by atoms with Crippen LogP contribution in [0.2, 0.25) is 0 Å². The number of likely N-dealkylation sites (N-methyl/N-ethyl adjacent to an activating group) is 1. The molecule has 2 rings (SSSR count). The molecule has 0 amide bonds. The highest BCUT2D eigenvalue weighted by atomic mass is 127. The smallest absolute Gasteiger partial charge is 0.0369 e. The van der Waals surface area contributed by atoms with E-state index in [9.17, 15) is 0 Å². The molecule has 1 N–H and O–H groups in total. The van der Waals surface area contributed by atoms with Crippen molar-refractivity contribution in [1.29, 1.82) is 0 Å². The minimum atomic E-state index is 0.334. The minimum absolute atomic E-state index is 0.334. The standard InChI is InChI=1S/C15H17IN2/c1-11-5-3-7-13(15(11)16)14(17-2)9-12-6-4-8-18-10-12/h3-8,10,14,17H,9H2,1-2H3. The largest absolute Gasteiger partial charge is 0.313 e. The number of halogens is 1. The van der Waals surface area contributed by atoms with Gasteiger partial charge in [0.25, 0.3) is 0 Å². The molecule has 0 radical (unpaired) electrons. The van der Waals surface area contributed by atoms with Crippen molar-refractivity contribution >= 4 is 22.6 Å². The Morgan fingerprint density at radius 2 is 2.11 bits per heavy atom. The summed E-state index contributed by atoms with van der Waals surface area (Å²) in [5, 5.41) is 3.40. The van der Waals surface area contributed by atoms with Crippen LogP contribution in [0.25, 0.3) is 0 Å². The van der Waals surface area contributed by atoms with Gasteiger partial charge in [0, 0.05) is 22.0 Å². The zero-order valence-corrected chi connectivity index (χ0v) is 12.8. The second kappa shape index (κ2) is 6.29. The number of nitrogens with one attached hydrogen (secondary N) is 1. The quantitative estimate of drug-likeness (QED) is 0.852. The number of nitrogens with zero attached hydrogens (tertiary/aromatic N) is 1. The minimum Gasteiger partial charge on any atom is -0.313 e. The highest BCUT2D eigenvalue weighted by Gasteiger charge is 2.14. The molecular weight excluding hydrogens is 335 g/mol. The van der Waals surface area contributed by atoms with Crippen molar-refractivity contribution < 1.29 is 0 Å². The number of hydrogen-bond donors (Lipinski definition) is 1. The Morgan fingerprint density at radius 1 is 1.28 bits per heavy atom. The molecule has 94 valence electrons. The van der Waals surface area contributed by atoms with Crippen molar-refractivity contribution in [2.24, 2.45) is 0 Å². The zero-order chi connectivity index (χ0) is 13.0. The summed E-state index contributed by atoms with van der Waals surface area (Å²) in [4.78, 5) is 4.18. The number of rotatable bonds is 4. The van der Waals surface area contributed by atoms with Crippen LogP contribution in [-0.4, -0.2) is 12.0 Å². The SMILES string of the molecule is CNC(Cc1cccnc1)c1cccc(C)c1I. The third kappa shape index (κ3) is 3.09. The Hall–Kier alpha value is -0.940. The van der Waals surface area contributed by atoms with Crippen molar-refractivity contribution in [1.82, 2.24) is 10.3 Å². The summed E-state index contributed by atoms with van der Waals surface area (Å²) < 4.78 is 1.35. The molecule has 1 atom stereocenters. The number of aryl methyl sites for hydroxylation is 1. The fraction of sp³-hybridized carbons (Fsp3) is 0.267. The van der Waals surface area contributed by atoms with Crippen LogP contribution in [0, 0.1) is 10.5 Å². The van der Waals surface area contributed by atoms with Crippen molar-refractivity contribution in [2.75, 3.05) is 7.05 Å². The van der Waals surface area contributed by atoms with Crippen molar-refractivity contribution in [3.63, 3.8) is 0 Å². The lowest BCUT2D eigenvalue weighted by atomic mass is 9.98. The summed E-state index contributed by atoms with van der Waals surface area (Å²) >= 11 is 2.43. The molecule has 0 aliphatic carbocycles. The lowest BCUT2D eigenvalue weighted by molar-refractivity contribution is 0.588. The topological polar surface area (TPSA) is 24.9 Å². The van der Waals surface area contributed by atoms with E-state index in [0.29, 0.717) is 6.04 Å². The maximum absolute atomic E-state index is 4.18. The maximum atomic E-state index is 4.18. The van der Waals surface area contributed by atoms with Gasteiger partial charge in [0.05, 0.1) is 0 Å². The van der Waals surface area contributed by atoms with Crippen LogP contribution >= 0.6 is 22.6 Å². The first-order valence-electron chi connectivity index (χ1n) is 6.03. The second-order valence-electron chi connectivity index (χ2n) is 4.38. The molecule has 2 aromatic rings. The first-order valence-corrected chi connectivity index (χ1v) is 7.11. The molecular formula is C15H17IN2. The first kappa shape index (κ1) is 13.5. The lowest BCUT2D eigenvalue weighted by Crippen LogP contribution is -2.20. The Morgan fingerprint density at radius 3 is 2.78 bits per heavy atom. The molecule has 1 aromatic heterocycles. The van der Waals surface area contributed by atoms with Crippen LogP contribution < -0.4 is 5.32 Å². The van der Waals surface area contributed by atoms with Gasteiger partial charge in [-0.25, -0.2) is 0 Å². The molecule has 0 aliphatic rings. The monoisotopic (exact) mass is 352 g/mol. The molecule has 0 saturated carbocycles. The summed E-state index contributed by atoms with van der Waals surface area (Å²) in [6, 6.07) is 10.9. The summed E-state index contributed by atoms with van der Waals surface area (Å²) in [6.07, 6.45) is 4.71. The molecule has 0 bridgehead atoms. The van der Waals surface area contributed by atoms with Gasteiger partial charge in [0.1, 0.15) is 0 Å². The Bertz CT molecular complexity index is 511. The molecule has 2 nitrogen and oxygen atoms in total. The van der Waals surface area contributed by atoms with E-state index in [1.165, 1.54) is 20.3 Å². The molecule has 18 heavy (non-hydrogen) atoms. The van der Waals surface area contributed by atoms with Gasteiger partial charge in [-0.05, 0) is 65.7 Å². The van der Waals surface area contributed by atoms with Crippen molar-refractivity contribution in [3.05, 3.63) is 63.0 Å². The molecule has 0 aliphatic heterocycles. The van der Waals surface area contributed by atoms with Crippen molar-refractivity contribution in [2.45, 2.75) is 19.4 Å². The predicted molar refractivity (Wildman–Crippen MR) is 83.6 cm³/mol. The highest BCUT2D eigenvalue weighted by molar-refractivity contribution is 14.1. The van der Waals surface area contributed by atoms with Gasteiger partial charge in [0.15, 0.2) is 0 Å². The highest BCUT2D eigenvalue weighted by Crippen LogP contribution is 2.25. The van der Waals surface area contributed by atoms with Gasteiger partial charge in [-0.1, -0.05) is 24.3 Å². The van der Waals surface area contributed by atoms with E-state index in [2.05, 4.69) is 64.1 Å². The number of pyridine rings is 1. The zero-order valence-electron chi connectivity index (χ0n) is 10.7. The Kier molecular flexibility index (Phi) is 4.72. The molecule has 0 saturated heterocycles. The lowest BCUT2D eigenvalue weighted by Gasteiger charge is -2.19. The summed E-state index contributed by atoms with van der Waals surface area (Å²) in [5.41, 5.74) is 3.95. The number of hydrogen-bond acceptors (Lipinski definition) is 2. The molecule has 1 heterocycles. The van der Waals surface area contributed by atoms with E-state index in [0.717, 1.165) is 6.42 Å². The van der Waals surface area contributed by atoms with E-state index in [1.807, 2.05) is 25.5 Å². The van der Waals surface area contributed by atoms with E-state index in [4.69, 9.17) is 0 Å². The Balaban J connectivity index is 2.26. The van der Waals surface area contributed by atoms with Gasteiger partial charge < -0.3 is 5.32 Å². The maximum Gasteiger partial charge on any atom is 0.0369 e. The van der Waals surface area contributed by atoms with E-state index in [1.54, 1.807) is 0 Å². The van der Waals surface area contributed by atoms with Gasteiger partial charge in [-0.15, -0.1) is 0 Å².